The SMILES string of the molecule is CC(C)(C)CN(CC(F)F)[C@H](CN)C(=O)Nc1ccc(N2CCOCC2=O)cc1C(F)(F)F. The maximum atomic E-state index is 13.8. The maximum Gasteiger partial charge on any atom is 0.418 e. The summed E-state index contributed by atoms with van der Waals surface area (Å²) >= 11 is 0. The first-order valence-electron chi connectivity index (χ1n) is 10.4. The summed E-state index contributed by atoms with van der Waals surface area (Å²) in [5.41, 5.74) is 3.48. The number of rotatable bonds is 8. The molecule has 7 nitrogen and oxygen atoms in total. The van der Waals surface area contributed by atoms with Crippen molar-refractivity contribution in [1.82, 2.24) is 4.90 Å². The maximum absolute atomic E-state index is 13.8. The second kappa shape index (κ2) is 10.7. The van der Waals surface area contributed by atoms with E-state index < -0.39 is 53.7 Å². The molecule has 0 unspecified atom stereocenters. The third-order valence-corrected chi connectivity index (χ3v) is 4.88. The minimum absolute atomic E-state index is 0.0102. The van der Waals surface area contributed by atoms with Gasteiger partial charge in [-0.2, -0.15) is 13.2 Å². The van der Waals surface area contributed by atoms with Crippen molar-refractivity contribution in [3.05, 3.63) is 23.8 Å². The number of halogens is 5. The number of hydrogen-bond acceptors (Lipinski definition) is 5. The van der Waals surface area contributed by atoms with Crippen LogP contribution in [0, 0.1) is 5.41 Å². The lowest BCUT2D eigenvalue weighted by molar-refractivity contribution is -0.137. The number of carbonyl (C=O) groups excluding carboxylic acids is 2. The predicted octanol–water partition coefficient (Wildman–Crippen LogP) is 2.95. The standard InChI is InChI=1S/C21H29F5N4O3/c1-20(2,3)12-29(10-17(22)23)16(9-27)19(32)28-15-5-4-13(8-14(15)21(24,25)26)30-6-7-33-11-18(30)31/h4-5,8,16-17H,6-7,9-12,27H2,1-3H3,(H,28,32)/t16-/m1/s1. The monoisotopic (exact) mass is 480 g/mol. The van der Waals surface area contributed by atoms with Crippen molar-refractivity contribution in [1.29, 1.82) is 0 Å². The number of ether oxygens (including phenoxy) is 1. The fourth-order valence-electron chi connectivity index (χ4n) is 3.56. The normalized spacial score (nSPS) is 16.5. The van der Waals surface area contributed by atoms with Crippen LogP contribution in [0.2, 0.25) is 0 Å². The van der Waals surface area contributed by atoms with Crippen LogP contribution in [-0.4, -0.2) is 68.6 Å². The highest BCUT2D eigenvalue weighted by atomic mass is 19.4. The zero-order valence-electron chi connectivity index (χ0n) is 18.7. The quantitative estimate of drug-likeness (QED) is 0.559. The van der Waals surface area contributed by atoms with Crippen molar-refractivity contribution >= 4 is 23.2 Å². The number of morpholine rings is 1. The predicted molar refractivity (Wildman–Crippen MR) is 113 cm³/mol. The van der Waals surface area contributed by atoms with Crippen LogP contribution in [0.4, 0.5) is 33.3 Å². The van der Waals surface area contributed by atoms with Gasteiger partial charge in [-0.05, 0) is 23.6 Å². The molecule has 0 aliphatic carbocycles. The van der Waals surface area contributed by atoms with E-state index in [1.165, 1.54) is 15.9 Å². The summed E-state index contributed by atoms with van der Waals surface area (Å²) in [5, 5.41) is 2.20. The lowest BCUT2D eigenvalue weighted by atomic mass is 9.95. The summed E-state index contributed by atoms with van der Waals surface area (Å²) in [6.45, 7) is 4.33. The van der Waals surface area contributed by atoms with Crippen molar-refractivity contribution in [3.63, 3.8) is 0 Å². The summed E-state index contributed by atoms with van der Waals surface area (Å²) in [6, 6.07) is 1.81. The van der Waals surface area contributed by atoms with Crippen LogP contribution in [0.1, 0.15) is 26.3 Å². The number of nitrogens with zero attached hydrogens (tertiary/aromatic N) is 2. The molecule has 1 aromatic carbocycles. The number of nitrogens with two attached hydrogens (primary N) is 1. The van der Waals surface area contributed by atoms with Crippen LogP contribution in [0.15, 0.2) is 18.2 Å². The molecule has 186 valence electrons. The topological polar surface area (TPSA) is 87.9 Å². The molecule has 2 rings (SSSR count). The first-order valence-corrected chi connectivity index (χ1v) is 10.4. The first kappa shape index (κ1) is 26.9. The number of amides is 2. The van der Waals surface area contributed by atoms with Gasteiger partial charge in [-0.25, -0.2) is 8.78 Å². The Balaban J connectivity index is 2.34. The second-order valence-electron chi connectivity index (χ2n) is 8.95. The summed E-state index contributed by atoms with van der Waals surface area (Å²) < 4.78 is 72.5. The molecule has 12 heteroatoms. The molecular formula is C21H29F5N4O3. The first-order chi connectivity index (χ1) is 15.2. The van der Waals surface area contributed by atoms with Crippen LogP contribution >= 0.6 is 0 Å². The van der Waals surface area contributed by atoms with Gasteiger partial charge >= 0.3 is 6.18 Å². The molecule has 1 saturated heterocycles. The van der Waals surface area contributed by atoms with Gasteiger partial charge in [-0.15, -0.1) is 0 Å². The number of benzene rings is 1. The molecule has 1 fully saturated rings. The number of alkyl halides is 5. The van der Waals surface area contributed by atoms with E-state index in [1.807, 2.05) is 0 Å². The van der Waals surface area contributed by atoms with Gasteiger partial charge in [0.1, 0.15) is 12.6 Å². The molecule has 1 aromatic rings. The van der Waals surface area contributed by atoms with E-state index in [-0.39, 0.29) is 38.5 Å². The Hall–Kier alpha value is -2.31. The summed E-state index contributed by atoms with van der Waals surface area (Å²) in [4.78, 5) is 27.2. The zero-order valence-corrected chi connectivity index (χ0v) is 18.7. The van der Waals surface area contributed by atoms with Gasteiger partial charge in [-0.1, -0.05) is 20.8 Å². The number of anilines is 2. The Morgan fingerprint density at radius 3 is 2.45 bits per heavy atom. The molecule has 0 spiro atoms. The number of nitrogens with one attached hydrogen (secondary N) is 1. The third kappa shape index (κ3) is 7.61. The number of hydrogen-bond donors (Lipinski definition) is 2. The molecule has 0 aromatic heterocycles. The van der Waals surface area contributed by atoms with Gasteiger partial charge < -0.3 is 20.7 Å². The molecule has 1 atom stereocenters. The van der Waals surface area contributed by atoms with Crippen LogP contribution in [0.3, 0.4) is 0 Å². The fraction of sp³-hybridized carbons (Fsp3) is 0.619. The van der Waals surface area contributed by atoms with E-state index in [0.29, 0.717) is 0 Å². The van der Waals surface area contributed by atoms with E-state index in [4.69, 9.17) is 10.5 Å². The zero-order chi connectivity index (χ0) is 25.0. The molecule has 2 amide bonds. The average Bonchev–Trinajstić information content (AvgIpc) is 2.66. The average molecular weight is 480 g/mol. The highest BCUT2D eigenvalue weighted by molar-refractivity contribution is 5.98. The fourth-order valence-corrected chi connectivity index (χ4v) is 3.56. The summed E-state index contributed by atoms with van der Waals surface area (Å²) in [5.74, 6) is -1.41. The van der Waals surface area contributed by atoms with Crippen LogP contribution < -0.4 is 16.0 Å². The Bertz CT molecular complexity index is 842. The van der Waals surface area contributed by atoms with Crippen molar-refractivity contribution in [2.45, 2.75) is 39.4 Å². The molecule has 3 N–H and O–H groups in total. The lowest BCUT2D eigenvalue weighted by Gasteiger charge is -2.35. The number of carbonyl (C=O) groups is 2. The molecular weight excluding hydrogens is 451 g/mol. The van der Waals surface area contributed by atoms with Gasteiger partial charge in [0.15, 0.2) is 0 Å². The molecule has 1 aliphatic rings. The lowest BCUT2D eigenvalue weighted by Crippen LogP contribution is -2.52. The molecule has 0 radical (unpaired) electrons. The molecule has 0 bridgehead atoms. The second-order valence-corrected chi connectivity index (χ2v) is 8.95. The summed E-state index contributed by atoms with van der Waals surface area (Å²) in [6.07, 6.45) is -7.61. The van der Waals surface area contributed by atoms with Gasteiger partial charge in [-0.3, -0.25) is 14.5 Å². The third-order valence-electron chi connectivity index (χ3n) is 4.88. The molecule has 33 heavy (non-hydrogen) atoms. The van der Waals surface area contributed by atoms with Crippen LogP contribution in [-0.2, 0) is 20.5 Å². The van der Waals surface area contributed by atoms with E-state index in [2.05, 4.69) is 5.32 Å². The van der Waals surface area contributed by atoms with E-state index >= 15 is 0 Å². The van der Waals surface area contributed by atoms with Crippen LogP contribution in [0.25, 0.3) is 0 Å². The highest BCUT2D eigenvalue weighted by Crippen LogP contribution is 2.38. The van der Waals surface area contributed by atoms with Gasteiger partial charge in [0.25, 0.3) is 12.3 Å². The Kier molecular flexibility index (Phi) is 8.77. The molecule has 1 aliphatic heterocycles. The van der Waals surface area contributed by atoms with Gasteiger partial charge in [0.2, 0.25) is 5.91 Å². The molecule has 0 saturated carbocycles. The van der Waals surface area contributed by atoms with Gasteiger partial charge in [0.05, 0.1) is 24.4 Å². The van der Waals surface area contributed by atoms with Crippen molar-refractivity contribution in [2.75, 3.05) is 49.6 Å². The van der Waals surface area contributed by atoms with Crippen molar-refractivity contribution < 1.29 is 36.3 Å². The van der Waals surface area contributed by atoms with Crippen molar-refractivity contribution in [2.24, 2.45) is 11.1 Å². The summed E-state index contributed by atoms with van der Waals surface area (Å²) in [7, 11) is 0. The van der Waals surface area contributed by atoms with E-state index in [1.54, 1.807) is 20.8 Å². The van der Waals surface area contributed by atoms with Crippen molar-refractivity contribution in [3.8, 4) is 0 Å². The minimum Gasteiger partial charge on any atom is -0.370 e. The smallest absolute Gasteiger partial charge is 0.370 e. The Morgan fingerprint density at radius 2 is 1.94 bits per heavy atom. The molecule has 1 heterocycles. The largest absolute Gasteiger partial charge is 0.418 e. The van der Waals surface area contributed by atoms with E-state index in [0.717, 1.165) is 12.1 Å². The van der Waals surface area contributed by atoms with Crippen LogP contribution in [0.5, 0.6) is 0 Å². The Morgan fingerprint density at radius 1 is 1.27 bits per heavy atom. The highest BCUT2D eigenvalue weighted by Gasteiger charge is 2.37. The Labute approximate surface area is 189 Å². The van der Waals surface area contributed by atoms with E-state index in [9.17, 15) is 31.5 Å². The minimum atomic E-state index is -4.85. The van der Waals surface area contributed by atoms with Gasteiger partial charge in [0, 0.05) is 25.3 Å².